The van der Waals surface area contributed by atoms with Crippen molar-refractivity contribution in [3.05, 3.63) is 47.5 Å². The first-order chi connectivity index (χ1) is 8.72. The van der Waals surface area contributed by atoms with Gasteiger partial charge < -0.3 is 5.32 Å². The second-order valence-corrected chi connectivity index (χ2v) is 3.31. The van der Waals surface area contributed by atoms with Gasteiger partial charge in [0, 0.05) is 11.9 Å². The highest BCUT2D eigenvalue weighted by atomic mass is 19.1. The van der Waals surface area contributed by atoms with Gasteiger partial charge in [0.05, 0.1) is 5.56 Å². The largest absolute Gasteiger partial charge is 0.324 e. The van der Waals surface area contributed by atoms with Crippen LogP contribution in [0.15, 0.2) is 30.5 Å². The third-order valence-electron chi connectivity index (χ3n) is 2.11. The molecule has 0 saturated carbocycles. The highest BCUT2D eigenvalue weighted by Gasteiger charge is 2.04. The Balaban J connectivity index is 2.29. The first-order valence-corrected chi connectivity index (χ1v) is 4.93. The topological polar surface area (TPSA) is 85.4 Å². The number of rotatable bonds is 2. The Morgan fingerprint density at radius 1 is 1.17 bits per heavy atom. The van der Waals surface area contributed by atoms with E-state index in [-0.39, 0.29) is 17.2 Å². The van der Waals surface area contributed by atoms with Crippen molar-refractivity contribution >= 4 is 11.6 Å². The SMILES string of the molecule is N#Cc1ccnc(Nc2ccc(F)c(C#N)c2)n1. The number of hydrogen-bond acceptors (Lipinski definition) is 5. The van der Waals surface area contributed by atoms with Gasteiger partial charge in [0.1, 0.15) is 23.6 Å². The molecule has 0 aliphatic heterocycles. The molecule has 0 radical (unpaired) electrons. The first-order valence-electron chi connectivity index (χ1n) is 4.93. The Morgan fingerprint density at radius 2 is 2.00 bits per heavy atom. The van der Waals surface area contributed by atoms with Gasteiger partial charge in [0.15, 0.2) is 0 Å². The summed E-state index contributed by atoms with van der Waals surface area (Å²) in [7, 11) is 0. The van der Waals surface area contributed by atoms with E-state index < -0.39 is 5.82 Å². The summed E-state index contributed by atoms with van der Waals surface area (Å²) in [4.78, 5) is 7.82. The predicted molar refractivity (Wildman–Crippen MR) is 61.1 cm³/mol. The van der Waals surface area contributed by atoms with E-state index in [1.165, 1.54) is 30.5 Å². The molecule has 1 aromatic heterocycles. The number of benzene rings is 1. The maximum Gasteiger partial charge on any atom is 0.228 e. The second-order valence-electron chi connectivity index (χ2n) is 3.31. The van der Waals surface area contributed by atoms with E-state index >= 15 is 0 Å². The van der Waals surface area contributed by atoms with Crippen LogP contribution in [-0.4, -0.2) is 9.97 Å². The van der Waals surface area contributed by atoms with Crippen molar-refractivity contribution in [1.29, 1.82) is 10.5 Å². The van der Waals surface area contributed by atoms with Crippen LogP contribution < -0.4 is 5.32 Å². The standard InChI is InChI=1S/C12H6FN5/c13-11-2-1-9(5-8(11)6-14)17-12-16-4-3-10(7-15)18-12/h1-5H,(H,16,17,18). The zero-order valence-corrected chi connectivity index (χ0v) is 9.05. The van der Waals surface area contributed by atoms with E-state index in [1.807, 2.05) is 6.07 Å². The summed E-state index contributed by atoms with van der Waals surface area (Å²) in [5.41, 5.74) is 0.620. The maximum absolute atomic E-state index is 13.1. The lowest BCUT2D eigenvalue weighted by Gasteiger charge is -2.04. The fraction of sp³-hybridized carbons (Fsp3) is 0. The van der Waals surface area contributed by atoms with E-state index in [9.17, 15) is 4.39 Å². The number of hydrogen-bond donors (Lipinski definition) is 1. The number of nitrogens with one attached hydrogen (secondary N) is 1. The quantitative estimate of drug-likeness (QED) is 0.867. The molecule has 2 rings (SSSR count). The fourth-order valence-electron chi connectivity index (χ4n) is 1.30. The summed E-state index contributed by atoms with van der Waals surface area (Å²) >= 11 is 0. The van der Waals surface area contributed by atoms with E-state index in [2.05, 4.69) is 15.3 Å². The molecule has 0 saturated heterocycles. The van der Waals surface area contributed by atoms with Gasteiger partial charge in [-0.1, -0.05) is 0 Å². The van der Waals surface area contributed by atoms with Crippen LogP contribution in [0.1, 0.15) is 11.3 Å². The van der Waals surface area contributed by atoms with Crippen LogP contribution in [0.2, 0.25) is 0 Å². The molecule has 0 amide bonds. The number of nitrogens with zero attached hydrogens (tertiary/aromatic N) is 4. The van der Waals surface area contributed by atoms with Gasteiger partial charge in [-0.2, -0.15) is 10.5 Å². The molecule has 18 heavy (non-hydrogen) atoms. The molecule has 1 N–H and O–H groups in total. The minimum Gasteiger partial charge on any atom is -0.324 e. The Morgan fingerprint density at radius 3 is 2.72 bits per heavy atom. The van der Waals surface area contributed by atoms with E-state index in [0.717, 1.165) is 0 Å². The third-order valence-corrected chi connectivity index (χ3v) is 2.11. The van der Waals surface area contributed by atoms with Crippen LogP contribution in [0.3, 0.4) is 0 Å². The number of halogens is 1. The van der Waals surface area contributed by atoms with Gasteiger partial charge in [-0.15, -0.1) is 0 Å². The molecule has 1 heterocycles. The monoisotopic (exact) mass is 239 g/mol. The van der Waals surface area contributed by atoms with Crippen LogP contribution in [0, 0.1) is 28.5 Å². The lowest BCUT2D eigenvalue weighted by Crippen LogP contribution is -1.98. The van der Waals surface area contributed by atoms with Gasteiger partial charge >= 0.3 is 0 Å². The van der Waals surface area contributed by atoms with Crippen LogP contribution in [0.25, 0.3) is 0 Å². The molecule has 0 bridgehead atoms. The van der Waals surface area contributed by atoms with Crippen LogP contribution in [0.4, 0.5) is 16.0 Å². The van der Waals surface area contributed by atoms with E-state index in [0.29, 0.717) is 5.69 Å². The lowest BCUT2D eigenvalue weighted by atomic mass is 10.2. The molecule has 6 heteroatoms. The Kier molecular flexibility index (Phi) is 3.13. The summed E-state index contributed by atoms with van der Waals surface area (Å²) in [6.07, 6.45) is 1.43. The highest BCUT2D eigenvalue weighted by molar-refractivity contribution is 5.56. The van der Waals surface area contributed by atoms with Crippen LogP contribution >= 0.6 is 0 Å². The molecule has 0 aliphatic rings. The third kappa shape index (κ3) is 2.39. The van der Waals surface area contributed by atoms with Crippen LogP contribution in [-0.2, 0) is 0 Å². The summed E-state index contributed by atoms with van der Waals surface area (Å²) in [6, 6.07) is 9.06. The van der Waals surface area contributed by atoms with Gasteiger partial charge in [-0.25, -0.2) is 14.4 Å². The average molecular weight is 239 g/mol. The molecule has 5 nitrogen and oxygen atoms in total. The van der Waals surface area contributed by atoms with Crippen molar-refractivity contribution in [2.24, 2.45) is 0 Å². The van der Waals surface area contributed by atoms with Crippen molar-refractivity contribution in [3.63, 3.8) is 0 Å². The van der Waals surface area contributed by atoms with E-state index in [4.69, 9.17) is 10.5 Å². The minimum absolute atomic E-state index is 0.0727. The Hall–Kier alpha value is -2.99. The van der Waals surface area contributed by atoms with Crippen molar-refractivity contribution in [1.82, 2.24) is 9.97 Å². The molecule has 0 atom stereocenters. The van der Waals surface area contributed by atoms with E-state index in [1.54, 1.807) is 6.07 Å². The maximum atomic E-state index is 13.1. The summed E-state index contributed by atoms with van der Waals surface area (Å²) < 4.78 is 13.1. The van der Waals surface area contributed by atoms with Gasteiger partial charge in [0.25, 0.3) is 0 Å². The average Bonchev–Trinajstić information content (AvgIpc) is 2.41. The predicted octanol–water partition coefficient (Wildman–Crippen LogP) is 2.10. The lowest BCUT2D eigenvalue weighted by molar-refractivity contribution is 0.624. The molecule has 0 fully saturated rings. The molecule has 0 unspecified atom stereocenters. The zero-order chi connectivity index (χ0) is 13.0. The molecule has 0 aliphatic carbocycles. The Bertz CT molecular complexity index is 669. The normalized spacial score (nSPS) is 9.28. The zero-order valence-electron chi connectivity index (χ0n) is 9.05. The van der Waals surface area contributed by atoms with Crippen molar-refractivity contribution in [2.75, 3.05) is 5.32 Å². The molecule has 86 valence electrons. The number of aromatic nitrogens is 2. The van der Waals surface area contributed by atoms with Crippen LogP contribution in [0.5, 0.6) is 0 Å². The molecule has 1 aromatic carbocycles. The smallest absolute Gasteiger partial charge is 0.228 e. The molecular weight excluding hydrogens is 233 g/mol. The van der Waals surface area contributed by atoms with Crippen molar-refractivity contribution in [2.45, 2.75) is 0 Å². The van der Waals surface area contributed by atoms with Crippen molar-refractivity contribution < 1.29 is 4.39 Å². The summed E-state index contributed by atoms with van der Waals surface area (Å²) in [5, 5.41) is 20.2. The molecule has 2 aromatic rings. The van der Waals surface area contributed by atoms with Crippen molar-refractivity contribution in [3.8, 4) is 12.1 Å². The highest BCUT2D eigenvalue weighted by Crippen LogP contribution is 2.16. The fourth-order valence-corrected chi connectivity index (χ4v) is 1.30. The van der Waals surface area contributed by atoms with Gasteiger partial charge in [-0.05, 0) is 24.3 Å². The summed E-state index contributed by atoms with van der Waals surface area (Å²) in [5.74, 6) is -0.376. The molecule has 0 spiro atoms. The molecular formula is C12H6FN5. The number of nitriles is 2. The first kappa shape index (κ1) is 11.5. The van der Waals surface area contributed by atoms with Gasteiger partial charge in [0.2, 0.25) is 5.95 Å². The second kappa shape index (κ2) is 4.89. The Labute approximate surface area is 102 Å². The summed E-state index contributed by atoms with van der Waals surface area (Å²) in [6.45, 7) is 0. The minimum atomic E-state index is -0.588. The number of anilines is 2. The van der Waals surface area contributed by atoms with Gasteiger partial charge in [-0.3, -0.25) is 0 Å².